The topological polar surface area (TPSA) is 92.4 Å². The minimum Gasteiger partial charge on any atom is -0.465 e. The molecule has 2 aromatic rings. The zero-order chi connectivity index (χ0) is 11.5. The van der Waals surface area contributed by atoms with Gasteiger partial charge in [-0.25, -0.2) is 4.79 Å². The van der Waals surface area contributed by atoms with Crippen LogP contribution in [-0.4, -0.2) is 31.0 Å². The van der Waals surface area contributed by atoms with Crippen LogP contribution >= 0.6 is 0 Å². The number of nitrogens with zero attached hydrogens (tertiary/aromatic N) is 4. The predicted molar refractivity (Wildman–Crippen MR) is 55.7 cm³/mol. The summed E-state index contributed by atoms with van der Waals surface area (Å²) in [6, 6.07) is 3.49. The van der Waals surface area contributed by atoms with Gasteiger partial charge in [0.1, 0.15) is 0 Å². The molecule has 16 heavy (non-hydrogen) atoms. The highest BCUT2D eigenvalue weighted by molar-refractivity contribution is 5.64. The van der Waals surface area contributed by atoms with Gasteiger partial charge in [-0.15, -0.1) is 10.2 Å². The third-order valence-electron chi connectivity index (χ3n) is 1.95. The molecule has 0 atom stereocenters. The van der Waals surface area contributed by atoms with Gasteiger partial charge in [-0.05, 0) is 18.2 Å². The van der Waals surface area contributed by atoms with Crippen molar-refractivity contribution in [3.8, 4) is 0 Å². The summed E-state index contributed by atoms with van der Waals surface area (Å²) in [5, 5.41) is 22.5. The quantitative estimate of drug-likeness (QED) is 0.785. The molecule has 2 rings (SSSR count). The van der Waals surface area contributed by atoms with Crippen molar-refractivity contribution in [3.05, 3.63) is 30.2 Å². The second kappa shape index (κ2) is 3.97. The third kappa shape index (κ3) is 1.83. The van der Waals surface area contributed by atoms with Crippen molar-refractivity contribution in [2.24, 2.45) is 0 Å². The summed E-state index contributed by atoms with van der Waals surface area (Å²) in [6.07, 6.45) is 0.477. The van der Waals surface area contributed by atoms with E-state index in [4.69, 9.17) is 5.11 Å². The first-order chi connectivity index (χ1) is 7.70. The molecule has 0 unspecified atom stereocenters. The number of amides is 1. The van der Waals surface area contributed by atoms with Crippen LogP contribution < -0.4 is 5.32 Å². The maximum absolute atomic E-state index is 10.3. The molecule has 0 spiro atoms. The predicted octanol–water partition coefficient (Wildman–Crippen LogP) is 0.535. The van der Waals surface area contributed by atoms with Gasteiger partial charge in [0.15, 0.2) is 11.5 Å². The summed E-state index contributed by atoms with van der Waals surface area (Å²) in [5.41, 5.74) is 1.23. The number of carbonyl (C=O) groups is 1. The minimum atomic E-state index is -1.11. The molecule has 82 valence electrons. The van der Waals surface area contributed by atoms with Crippen LogP contribution in [0.25, 0.3) is 11.7 Å². The Morgan fingerprint density at radius 3 is 3.06 bits per heavy atom. The fourth-order valence-electron chi connectivity index (χ4n) is 1.22. The lowest BCUT2D eigenvalue weighted by Crippen LogP contribution is -2.21. The summed E-state index contributed by atoms with van der Waals surface area (Å²) in [5.74, 6) is 0.432. The molecule has 2 aromatic heterocycles. The van der Waals surface area contributed by atoms with E-state index in [1.54, 1.807) is 18.2 Å². The average molecular weight is 219 g/mol. The van der Waals surface area contributed by atoms with Crippen LogP contribution in [0.4, 0.5) is 4.79 Å². The van der Waals surface area contributed by atoms with Crippen molar-refractivity contribution in [1.29, 1.82) is 0 Å². The average Bonchev–Trinajstić information content (AvgIpc) is 2.68. The Kier molecular flexibility index (Phi) is 2.50. The molecule has 0 aromatic carbocycles. The molecule has 0 saturated heterocycles. The summed E-state index contributed by atoms with van der Waals surface area (Å²) in [6.45, 7) is 3.66. The van der Waals surface area contributed by atoms with Gasteiger partial charge in [0, 0.05) is 0 Å². The van der Waals surface area contributed by atoms with Gasteiger partial charge in [-0.2, -0.15) is 9.61 Å². The number of carboxylic acid groups (broad SMARTS) is 1. The highest BCUT2D eigenvalue weighted by Gasteiger charge is 2.07. The van der Waals surface area contributed by atoms with E-state index in [-0.39, 0.29) is 6.54 Å². The number of aromatic nitrogens is 4. The van der Waals surface area contributed by atoms with E-state index in [1.807, 2.05) is 0 Å². The van der Waals surface area contributed by atoms with Gasteiger partial charge in [0.05, 0.1) is 12.2 Å². The molecule has 0 fully saturated rings. The van der Waals surface area contributed by atoms with E-state index in [2.05, 4.69) is 27.2 Å². The number of hydrogen-bond acceptors (Lipinski definition) is 4. The van der Waals surface area contributed by atoms with E-state index >= 15 is 0 Å². The standard InChI is InChI=1S/C9H9N5O2/c1-2-6-3-4-7-11-12-8(14(7)13-6)5-10-9(15)16/h2-4,10H,1,5H2,(H,15,16). The Hall–Kier alpha value is -2.44. The Bertz CT molecular complexity index is 548. The molecule has 0 aliphatic heterocycles. The summed E-state index contributed by atoms with van der Waals surface area (Å²) >= 11 is 0. The maximum Gasteiger partial charge on any atom is 0.405 e. The highest BCUT2D eigenvalue weighted by atomic mass is 16.4. The van der Waals surface area contributed by atoms with Crippen LogP contribution in [-0.2, 0) is 6.54 Å². The van der Waals surface area contributed by atoms with Crippen molar-refractivity contribution in [3.63, 3.8) is 0 Å². The Balaban J connectivity index is 2.37. The van der Waals surface area contributed by atoms with Gasteiger partial charge >= 0.3 is 6.09 Å². The minimum absolute atomic E-state index is 0.0596. The molecule has 0 aliphatic rings. The molecule has 0 saturated carbocycles. The van der Waals surface area contributed by atoms with Crippen LogP contribution in [0.5, 0.6) is 0 Å². The fourth-order valence-corrected chi connectivity index (χ4v) is 1.22. The number of rotatable bonds is 3. The van der Waals surface area contributed by atoms with Crippen LogP contribution in [0, 0.1) is 0 Å². The monoisotopic (exact) mass is 219 g/mol. The van der Waals surface area contributed by atoms with Gasteiger partial charge in [-0.1, -0.05) is 6.58 Å². The van der Waals surface area contributed by atoms with Crippen molar-refractivity contribution in [2.75, 3.05) is 0 Å². The number of nitrogens with one attached hydrogen (secondary N) is 1. The number of hydrogen-bond donors (Lipinski definition) is 2. The largest absolute Gasteiger partial charge is 0.465 e. The second-order valence-corrected chi connectivity index (χ2v) is 3.01. The third-order valence-corrected chi connectivity index (χ3v) is 1.95. The first kappa shape index (κ1) is 10.1. The Morgan fingerprint density at radius 1 is 1.56 bits per heavy atom. The van der Waals surface area contributed by atoms with E-state index < -0.39 is 6.09 Å². The lowest BCUT2D eigenvalue weighted by Gasteiger charge is -1.99. The van der Waals surface area contributed by atoms with Gasteiger partial charge in [0.25, 0.3) is 0 Å². The first-order valence-electron chi connectivity index (χ1n) is 4.51. The van der Waals surface area contributed by atoms with E-state index in [0.29, 0.717) is 17.2 Å². The van der Waals surface area contributed by atoms with E-state index in [1.165, 1.54) is 4.52 Å². The lowest BCUT2D eigenvalue weighted by molar-refractivity contribution is 0.193. The first-order valence-corrected chi connectivity index (χ1v) is 4.51. The zero-order valence-electron chi connectivity index (χ0n) is 8.29. The highest BCUT2D eigenvalue weighted by Crippen LogP contribution is 2.03. The molecule has 2 N–H and O–H groups in total. The van der Waals surface area contributed by atoms with E-state index in [0.717, 1.165) is 0 Å². The normalized spacial score (nSPS) is 10.2. The van der Waals surface area contributed by atoms with Crippen molar-refractivity contribution in [2.45, 2.75) is 6.54 Å². The molecule has 7 heteroatoms. The van der Waals surface area contributed by atoms with Gasteiger partial charge in [-0.3, -0.25) is 0 Å². The second-order valence-electron chi connectivity index (χ2n) is 3.01. The SMILES string of the molecule is C=Cc1ccc2nnc(CNC(=O)O)n2n1. The molecule has 0 radical (unpaired) electrons. The van der Waals surface area contributed by atoms with Crippen molar-refractivity contribution in [1.82, 2.24) is 25.1 Å². The molecule has 2 heterocycles. The smallest absolute Gasteiger partial charge is 0.405 e. The molecule has 0 bridgehead atoms. The van der Waals surface area contributed by atoms with Crippen LogP contribution in [0.1, 0.15) is 11.5 Å². The molecule has 0 aliphatic carbocycles. The summed E-state index contributed by atoms with van der Waals surface area (Å²) in [4.78, 5) is 10.3. The summed E-state index contributed by atoms with van der Waals surface area (Å²) in [7, 11) is 0. The molecule has 7 nitrogen and oxygen atoms in total. The molecular formula is C9H9N5O2. The lowest BCUT2D eigenvalue weighted by atomic mass is 10.4. The Morgan fingerprint density at radius 2 is 2.38 bits per heavy atom. The maximum atomic E-state index is 10.3. The van der Waals surface area contributed by atoms with Crippen molar-refractivity contribution < 1.29 is 9.90 Å². The van der Waals surface area contributed by atoms with Crippen molar-refractivity contribution >= 4 is 17.8 Å². The molecule has 1 amide bonds. The van der Waals surface area contributed by atoms with Crippen LogP contribution in [0.2, 0.25) is 0 Å². The van der Waals surface area contributed by atoms with Gasteiger partial charge < -0.3 is 10.4 Å². The Labute approximate surface area is 90.4 Å². The van der Waals surface area contributed by atoms with Crippen LogP contribution in [0.15, 0.2) is 18.7 Å². The number of fused-ring (bicyclic) bond motifs is 1. The molecular weight excluding hydrogens is 210 g/mol. The fraction of sp³-hybridized carbons (Fsp3) is 0.111. The summed E-state index contributed by atoms with van der Waals surface area (Å²) < 4.78 is 1.48. The van der Waals surface area contributed by atoms with Gasteiger partial charge in [0.2, 0.25) is 0 Å². The van der Waals surface area contributed by atoms with E-state index in [9.17, 15) is 4.79 Å². The zero-order valence-corrected chi connectivity index (χ0v) is 8.29. The van der Waals surface area contributed by atoms with Crippen LogP contribution in [0.3, 0.4) is 0 Å².